The summed E-state index contributed by atoms with van der Waals surface area (Å²) in [5, 5.41) is 13.7. The van der Waals surface area contributed by atoms with Crippen molar-refractivity contribution in [1.82, 2.24) is 24.7 Å². The van der Waals surface area contributed by atoms with Gasteiger partial charge in [0.1, 0.15) is 5.69 Å². The van der Waals surface area contributed by atoms with Gasteiger partial charge in [-0.05, 0) is 37.5 Å². The molecule has 3 rings (SSSR count). The van der Waals surface area contributed by atoms with Crippen molar-refractivity contribution in [2.24, 2.45) is 0 Å². The van der Waals surface area contributed by atoms with Crippen LogP contribution in [0.15, 0.2) is 36.4 Å². The van der Waals surface area contributed by atoms with E-state index < -0.39 is 11.4 Å². The van der Waals surface area contributed by atoms with Crippen LogP contribution in [-0.2, 0) is 31.9 Å². The van der Waals surface area contributed by atoms with Crippen LogP contribution < -0.4 is 0 Å². The van der Waals surface area contributed by atoms with Gasteiger partial charge in [-0.3, -0.25) is 4.98 Å². The van der Waals surface area contributed by atoms with Gasteiger partial charge in [0.15, 0.2) is 0 Å². The molecule has 0 saturated heterocycles. The molecule has 150 valence electrons. The van der Waals surface area contributed by atoms with Crippen molar-refractivity contribution in [2.45, 2.75) is 45.4 Å². The molecule has 0 atom stereocenters. The summed E-state index contributed by atoms with van der Waals surface area (Å²) in [5.74, 6) is 0.226. The number of rotatable bonds is 4. The quantitative estimate of drug-likeness (QED) is 0.494. The van der Waals surface area contributed by atoms with Gasteiger partial charge >= 0.3 is 5.97 Å². The molecule has 0 bridgehead atoms. The van der Waals surface area contributed by atoms with Crippen molar-refractivity contribution >= 4 is 5.97 Å². The van der Waals surface area contributed by atoms with Gasteiger partial charge in [-0.25, -0.2) is 14.9 Å². The Bertz CT molecular complexity index is 992. The average Bonchev–Trinajstić information content (AvgIpc) is 3.12. The van der Waals surface area contributed by atoms with Crippen LogP contribution in [0.25, 0.3) is 5.82 Å². The molecule has 1 N–H and O–H groups in total. The Labute approximate surface area is 178 Å². The first-order chi connectivity index (χ1) is 12.6. The van der Waals surface area contributed by atoms with Gasteiger partial charge in [0.25, 0.3) is 0 Å². The number of pyridine rings is 2. The minimum Gasteiger partial charge on any atom is -0.477 e. The van der Waals surface area contributed by atoms with E-state index in [-0.39, 0.29) is 32.2 Å². The summed E-state index contributed by atoms with van der Waals surface area (Å²) >= 11 is 0. The van der Waals surface area contributed by atoms with Gasteiger partial charge in [0.05, 0.1) is 17.3 Å². The van der Waals surface area contributed by atoms with Crippen LogP contribution in [0.4, 0.5) is 0 Å². The second-order valence-electron chi connectivity index (χ2n) is 7.92. The first-order valence-corrected chi connectivity index (χ1v) is 8.63. The number of hydrogen-bond acceptors (Lipinski definition) is 5. The van der Waals surface area contributed by atoms with E-state index in [2.05, 4.69) is 21.4 Å². The van der Waals surface area contributed by atoms with E-state index in [1.54, 1.807) is 12.1 Å². The smallest absolute Gasteiger partial charge is 0.354 e. The van der Waals surface area contributed by atoms with Crippen LogP contribution in [0, 0.1) is 6.33 Å². The molecule has 0 aromatic carbocycles. The first-order valence-electron chi connectivity index (χ1n) is 8.63. The van der Waals surface area contributed by atoms with Crippen LogP contribution in [0.5, 0.6) is 0 Å². The number of nitrogens with zero attached hydrogens (tertiary/aromatic N) is 5. The number of carbonyl (C=O) groups is 1. The van der Waals surface area contributed by atoms with Crippen LogP contribution in [0.2, 0.25) is 0 Å². The molecule has 0 spiro atoms. The second-order valence-corrected chi connectivity index (χ2v) is 7.92. The number of carboxylic acids is 1. The summed E-state index contributed by atoms with van der Waals surface area (Å²) in [6, 6.07) is 10.6. The van der Waals surface area contributed by atoms with E-state index >= 15 is 0 Å². The van der Waals surface area contributed by atoms with Crippen molar-refractivity contribution in [3.63, 3.8) is 0 Å². The summed E-state index contributed by atoms with van der Waals surface area (Å²) in [6.07, 6.45) is 2.87. The average molecular weight is 560 g/mol. The maximum atomic E-state index is 11.2. The number of aromatic nitrogens is 5. The predicted molar refractivity (Wildman–Crippen MR) is 100 cm³/mol. The van der Waals surface area contributed by atoms with Crippen LogP contribution in [0.3, 0.4) is 0 Å². The van der Waals surface area contributed by atoms with Crippen LogP contribution >= 0.6 is 0 Å². The van der Waals surface area contributed by atoms with E-state index in [4.69, 9.17) is 4.98 Å². The SMILES string of the molecule is CC(C)(C)c1n[c-]n(-c2cccc(C(C)(C)c3cccc(C(=O)O)n3)n2)n1.[Pt]. The second kappa shape index (κ2) is 7.92. The molecule has 3 aromatic heterocycles. The maximum Gasteiger partial charge on any atom is 0.354 e. The number of hydrogen-bond donors (Lipinski definition) is 1. The maximum absolute atomic E-state index is 11.2. The van der Waals surface area contributed by atoms with Crippen molar-refractivity contribution in [2.75, 3.05) is 0 Å². The van der Waals surface area contributed by atoms with Crippen LogP contribution in [-0.4, -0.2) is 35.8 Å². The zero-order valence-electron chi connectivity index (χ0n) is 16.4. The van der Waals surface area contributed by atoms with E-state index in [0.29, 0.717) is 17.3 Å². The van der Waals surface area contributed by atoms with Crippen molar-refractivity contribution in [3.8, 4) is 5.82 Å². The van der Waals surface area contributed by atoms with Crippen molar-refractivity contribution in [3.05, 3.63) is 65.6 Å². The molecular weight excluding hydrogens is 537 g/mol. The molecule has 0 radical (unpaired) electrons. The molecule has 0 unspecified atom stereocenters. The topological polar surface area (TPSA) is 93.8 Å². The molecule has 28 heavy (non-hydrogen) atoms. The number of aromatic carboxylic acids is 1. The van der Waals surface area contributed by atoms with E-state index in [1.165, 1.54) is 10.7 Å². The fourth-order valence-electron chi connectivity index (χ4n) is 2.58. The van der Waals surface area contributed by atoms with Crippen molar-refractivity contribution in [1.29, 1.82) is 0 Å². The number of carboxylic acid groups (broad SMARTS) is 1. The Balaban J connectivity index is 0.00000280. The molecule has 7 nitrogen and oxygen atoms in total. The fraction of sp³-hybridized carbons (Fsp3) is 0.350. The zero-order chi connectivity index (χ0) is 19.8. The summed E-state index contributed by atoms with van der Waals surface area (Å²) in [7, 11) is 0. The minimum absolute atomic E-state index is 0. The zero-order valence-corrected chi connectivity index (χ0v) is 18.6. The summed E-state index contributed by atoms with van der Waals surface area (Å²) in [6.45, 7) is 10.0. The largest absolute Gasteiger partial charge is 0.477 e. The minimum atomic E-state index is -1.05. The van der Waals surface area contributed by atoms with Gasteiger partial charge < -0.3 is 14.8 Å². The monoisotopic (exact) mass is 559 g/mol. The fourth-order valence-corrected chi connectivity index (χ4v) is 2.58. The summed E-state index contributed by atoms with van der Waals surface area (Å²) < 4.78 is 1.53. The standard InChI is InChI=1S/C20H22N5O2.Pt/c1-19(2,3)18-21-12-25(24-18)16-11-7-10-15(23-16)20(4,5)14-9-6-8-13(22-14)17(26)27;/h6-11H,1-5H3,(H,26,27);/q-1;. The van der Waals surface area contributed by atoms with Gasteiger partial charge in [-0.15, -0.1) is 0 Å². The van der Waals surface area contributed by atoms with E-state index in [1.807, 2.05) is 52.8 Å². The summed E-state index contributed by atoms with van der Waals surface area (Å²) in [5.41, 5.74) is 0.617. The molecule has 0 saturated carbocycles. The Kier molecular flexibility index (Phi) is 6.19. The Morgan fingerprint density at radius 3 is 2.18 bits per heavy atom. The predicted octanol–water partition coefficient (Wildman–Crippen LogP) is 3.18. The Morgan fingerprint density at radius 2 is 1.61 bits per heavy atom. The van der Waals surface area contributed by atoms with Gasteiger partial charge in [0.2, 0.25) is 0 Å². The van der Waals surface area contributed by atoms with E-state index in [0.717, 1.165) is 5.69 Å². The molecule has 0 amide bonds. The third kappa shape index (κ3) is 4.36. The summed E-state index contributed by atoms with van der Waals surface area (Å²) in [4.78, 5) is 24.5. The molecule has 0 fully saturated rings. The Hall–Kier alpha value is -2.40. The normalized spacial score (nSPS) is 11.8. The molecule has 3 aromatic rings. The van der Waals surface area contributed by atoms with Crippen LogP contribution in [0.1, 0.15) is 62.3 Å². The molecular formula is C20H22N5O2Pt-. The van der Waals surface area contributed by atoms with Crippen molar-refractivity contribution < 1.29 is 31.0 Å². The first kappa shape index (κ1) is 21.9. The van der Waals surface area contributed by atoms with Gasteiger partial charge in [-0.2, -0.15) is 0 Å². The van der Waals surface area contributed by atoms with Gasteiger partial charge in [0, 0.05) is 38.5 Å². The van der Waals surface area contributed by atoms with Gasteiger partial charge in [-0.1, -0.05) is 39.0 Å². The molecule has 8 heteroatoms. The third-order valence-corrected chi connectivity index (χ3v) is 4.32. The Morgan fingerprint density at radius 1 is 1.00 bits per heavy atom. The molecule has 0 aliphatic rings. The van der Waals surface area contributed by atoms with E-state index in [9.17, 15) is 9.90 Å². The molecule has 3 heterocycles. The molecule has 0 aliphatic carbocycles. The third-order valence-electron chi connectivity index (χ3n) is 4.32. The molecule has 0 aliphatic heterocycles.